The van der Waals surface area contributed by atoms with E-state index in [0.29, 0.717) is 12.5 Å². The van der Waals surface area contributed by atoms with Crippen molar-refractivity contribution in [1.29, 1.82) is 0 Å². The Hall–Kier alpha value is 8.89. The number of ether oxygens (including phenoxy) is 1. The second kappa shape index (κ2) is 32.9. The van der Waals surface area contributed by atoms with Gasteiger partial charge < -0.3 is 16.9 Å². The van der Waals surface area contributed by atoms with E-state index >= 15 is 0 Å². The summed E-state index contributed by atoms with van der Waals surface area (Å²) in [5.41, 5.74) is 0.212. The molecule has 1 aliphatic carbocycles. The molecule has 2 nitrogen and oxygen atoms in total. The van der Waals surface area contributed by atoms with E-state index in [0.717, 1.165) is 32.1 Å². The monoisotopic (exact) mass is 1050 g/mol. The zero-order chi connectivity index (χ0) is 13.0. The first-order chi connectivity index (χ1) is 8.70. The molecule has 0 aromatic carbocycles. The first-order valence-corrected chi connectivity index (χ1v) is 6.97. The molecular formula is C16H22O2Y9-2. The van der Waals surface area contributed by atoms with Gasteiger partial charge in [0.05, 0.1) is 12.5 Å². The zero-order valence-electron chi connectivity index (χ0n) is 16.6. The summed E-state index contributed by atoms with van der Waals surface area (Å²) >= 11 is 0. The summed E-state index contributed by atoms with van der Waals surface area (Å²) in [6.07, 6.45) is 15.8. The summed E-state index contributed by atoms with van der Waals surface area (Å²) in [5.74, 6) is 0.698. The molecule has 127 valence electrons. The van der Waals surface area contributed by atoms with Crippen LogP contribution in [0, 0.1) is 29.4 Å². The third-order valence-electron chi connectivity index (χ3n) is 4.26. The Morgan fingerprint density at radius 1 is 0.963 bits per heavy atom. The molecule has 9 radical (unpaired) electrons. The van der Waals surface area contributed by atoms with Gasteiger partial charge in [-0.25, -0.2) is 0 Å². The van der Waals surface area contributed by atoms with E-state index in [-0.39, 0.29) is 312 Å². The number of fused-ring (bicyclic) bond motifs is 1. The van der Waals surface area contributed by atoms with Crippen molar-refractivity contribution in [2.24, 2.45) is 17.3 Å². The molecule has 0 aromatic rings. The van der Waals surface area contributed by atoms with Crippen LogP contribution in [0.15, 0.2) is 12.2 Å². The smallest absolute Gasteiger partial charge is 0.309 e. The molecule has 1 heterocycles. The maximum absolute atomic E-state index is 11.4. The summed E-state index contributed by atoms with van der Waals surface area (Å²) < 4.78 is 5.02. The summed E-state index contributed by atoms with van der Waals surface area (Å²) in [6, 6.07) is 0. The van der Waals surface area contributed by atoms with E-state index in [1.807, 2.05) is 0 Å². The average molecular weight is 1050 g/mol. The molecule has 3 atom stereocenters. The molecule has 1 aliphatic heterocycles. The minimum atomic E-state index is 0. The fourth-order valence-corrected chi connectivity index (χ4v) is 2.97. The quantitative estimate of drug-likeness (QED) is 0.222. The van der Waals surface area contributed by atoms with Crippen LogP contribution in [0.1, 0.15) is 46.0 Å². The van der Waals surface area contributed by atoms with Crippen LogP contribution in [0.4, 0.5) is 0 Å². The van der Waals surface area contributed by atoms with Gasteiger partial charge in [0.1, 0.15) is 0 Å². The van der Waals surface area contributed by atoms with Crippen LogP contribution in [0.25, 0.3) is 0 Å². The Bertz CT molecular complexity index is 381. The van der Waals surface area contributed by atoms with Crippen LogP contribution in [-0.2, 0) is 304 Å². The Morgan fingerprint density at radius 3 is 1.93 bits per heavy atom. The van der Waals surface area contributed by atoms with Gasteiger partial charge in [0.15, 0.2) is 0 Å². The van der Waals surface area contributed by atoms with Gasteiger partial charge in [0.2, 0.25) is 0 Å². The number of hydrogen-bond acceptors (Lipinski definition) is 2. The fraction of sp³-hybridized carbons (Fsp3) is 0.688. The Balaban J connectivity index is -0.0000000669. The van der Waals surface area contributed by atoms with E-state index < -0.39 is 0 Å². The van der Waals surface area contributed by atoms with Crippen molar-refractivity contribution in [2.75, 3.05) is 6.61 Å². The topological polar surface area (TPSA) is 26.3 Å². The second-order valence-corrected chi connectivity index (χ2v) is 5.47. The number of esters is 1. The molecule has 0 amide bonds. The van der Waals surface area contributed by atoms with Crippen LogP contribution in [0.5, 0.6) is 0 Å². The van der Waals surface area contributed by atoms with Crippen molar-refractivity contribution in [3.63, 3.8) is 0 Å². The van der Waals surface area contributed by atoms with Gasteiger partial charge in [-0.05, 0) is 11.8 Å². The number of carbonyl (C=O) groups excluding carboxylic acids is 1. The third kappa shape index (κ3) is 20.5. The van der Waals surface area contributed by atoms with Gasteiger partial charge in [-0.15, -0.1) is 0 Å². The fourth-order valence-electron chi connectivity index (χ4n) is 2.97. The summed E-state index contributed by atoms with van der Waals surface area (Å²) in [6.45, 7) is 4.95. The second-order valence-electron chi connectivity index (χ2n) is 5.47. The van der Waals surface area contributed by atoms with Crippen molar-refractivity contribution in [1.82, 2.24) is 0 Å². The first-order valence-electron chi connectivity index (χ1n) is 6.97. The number of cyclic esters (lactones) is 1. The number of hydrogen-bond donors (Lipinski definition) is 0. The van der Waals surface area contributed by atoms with Gasteiger partial charge in [-0.3, -0.25) is 16.9 Å². The van der Waals surface area contributed by atoms with Crippen molar-refractivity contribution >= 4 is 5.97 Å². The van der Waals surface area contributed by atoms with E-state index in [1.54, 1.807) is 0 Å². The largest absolute Gasteiger partial charge is 0.501 e. The molecule has 1 saturated heterocycles. The van der Waals surface area contributed by atoms with Gasteiger partial charge in [0.25, 0.3) is 0 Å². The van der Waals surface area contributed by atoms with Crippen molar-refractivity contribution in [3.8, 4) is 0 Å². The third-order valence-corrected chi connectivity index (χ3v) is 4.26. The van der Waals surface area contributed by atoms with E-state index in [2.05, 4.69) is 38.2 Å². The molecule has 2 aliphatic rings. The average Bonchev–Trinajstić information content (AvgIpc) is 2.71. The molecule has 0 bridgehead atoms. The number of unbranched alkanes of at least 4 members (excludes halogenated alkanes) is 1. The van der Waals surface area contributed by atoms with Crippen LogP contribution in [0.3, 0.4) is 0 Å². The van der Waals surface area contributed by atoms with Crippen LogP contribution in [-0.4, -0.2) is 12.6 Å². The van der Waals surface area contributed by atoms with Gasteiger partial charge in [0, 0.05) is 300 Å². The first kappa shape index (κ1) is 56.2. The van der Waals surface area contributed by atoms with Gasteiger partial charge >= 0.3 is 5.97 Å². The zero-order valence-corrected chi connectivity index (χ0v) is 42.1. The SMILES string of the molecule is CC[C-]=CCC[C-]=CCCC1(C)C2COC(=O)C21.[Y].[Y].[Y].[Y].[Y].[Y].[Y].[Y].[Y]. The normalized spacial score (nSPS) is 22.8. The molecule has 0 spiro atoms. The maximum Gasteiger partial charge on any atom is 0.309 e. The minimum Gasteiger partial charge on any atom is -0.501 e. The predicted octanol–water partition coefficient (Wildman–Crippen LogP) is 3.46. The predicted molar refractivity (Wildman–Crippen MR) is 70.4 cm³/mol. The van der Waals surface area contributed by atoms with E-state index in [9.17, 15) is 4.79 Å². The summed E-state index contributed by atoms with van der Waals surface area (Å²) in [5, 5.41) is 0. The number of carbonyl (C=O) groups is 1. The van der Waals surface area contributed by atoms with Crippen LogP contribution in [0.2, 0.25) is 0 Å². The van der Waals surface area contributed by atoms with E-state index in [4.69, 9.17) is 4.74 Å². The molecule has 0 N–H and O–H groups in total. The summed E-state index contributed by atoms with van der Waals surface area (Å²) in [4.78, 5) is 11.4. The number of rotatable bonds is 7. The maximum atomic E-state index is 11.4. The summed E-state index contributed by atoms with van der Waals surface area (Å²) in [7, 11) is 0. The molecule has 2 rings (SSSR count). The molecular weight excluding hydrogens is 1020 g/mol. The minimum absolute atomic E-state index is 0. The van der Waals surface area contributed by atoms with Crippen LogP contribution >= 0.6 is 0 Å². The Labute approximate surface area is 393 Å². The standard InChI is InChI=1S/C16H22O2.9Y/c1-3-4-5-6-7-8-9-10-11-16(2)13-12-18-15(17)14(13)16;;;;;;;;;/h5,9,13-14H,3,6-7,10-12H2,1-2H3;;;;;;;;;/q-2;;;;;;;;;. The van der Waals surface area contributed by atoms with E-state index in [1.165, 1.54) is 0 Å². The van der Waals surface area contributed by atoms with Crippen molar-refractivity contribution in [3.05, 3.63) is 24.3 Å². The number of allylic oxidation sites excluding steroid dienone is 4. The molecule has 27 heavy (non-hydrogen) atoms. The van der Waals surface area contributed by atoms with Gasteiger partial charge in [-0.1, -0.05) is 26.7 Å². The molecule has 1 saturated carbocycles. The molecule has 0 aromatic heterocycles. The Morgan fingerprint density at radius 2 is 1.48 bits per heavy atom. The van der Waals surface area contributed by atoms with Crippen molar-refractivity contribution < 1.29 is 304 Å². The molecule has 3 unspecified atom stereocenters. The van der Waals surface area contributed by atoms with Crippen molar-refractivity contribution in [2.45, 2.75) is 46.0 Å². The van der Waals surface area contributed by atoms with Gasteiger partial charge in [-0.2, -0.15) is 12.8 Å². The Kier molecular flexibility index (Phi) is 68.5. The van der Waals surface area contributed by atoms with Crippen LogP contribution < -0.4 is 0 Å². The molecule has 11 heteroatoms. The molecule has 2 fully saturated rings.